The van der Waals surface area contributed by atoms with E-state index in [0.29, 0.717) is 17.3 Å². The number of benzene rings is 1. The highest BCUT2D eigenvalue weighted by atomic mass is 16.6. The molecule has 1 amide bonds. The highest BCUT2D eigenvalue weighted by Gasteiger charge is 2.26. The van der Waals surface area contributed by atoms with Gasteiger partial charge in [-0.15, -0.1) is 0 Å². The molecule has 1 unspecified atom stereocenters. The molecule has 1 heterocycles. The molecule has 1 saturated carbocycles. The molecule has 1 fully saturated rings. The van der Waals surface area contributed by atoms with Crippen LogP contribution in [0, 0.1) is 10.1 Å². The van der Waals surface area contributed by atoms with Crippen LogP contribution in [0.4, 0.5) is 11.4 Å². The van der Waals surface area contributed by atoms with Gasteiger partial charge in [0.2, 0.25) is 0 Å². The first-order valence-corrected chi connectivity index (χ1v) is 8.19. The van der Waals surface area contributed by atoms with Crippen LogP contribution in [0.15, 0.2) is 42.7 Å². The number of carbonyl (C=O) groups is 1. The molecular weight excluding hydrogens is 320 g/mol. The molecule has 2 aromatic rings. The van der Waals surface area contributed by atoms with Gasteiger partial charge in [0.25, 0.3) is 11.6 Å². The van der Waals surface area contributed by atoms with Crippen LogP contribution in [0.3, 0.4) is 0 Å². The number of nitrogens with one attached hydrogen (secondary N) is 1. The van der Waals surface area contributed by atoms with Gasteiger partial charge in [0.05, 0.1) is 11.0 Å². The van der Waals surface area contributed by atoms with E-state index in [1.165, 1.54) is 6.07 Å². The summed E-state index contributed by atoms with van der Waals surface area (Å²) in [5.74, 6) is -0.259. The molecule has 3 rings (SSSR count). The fourth-order valence-corrected chi connectivity index (χ4v) is 2.63. The van der Waals surface area contributed by atoms with Gasteiger partial charge in [0.15, 0.2) is 0 Å². The van der Waals surface area contributed by atoms with Crippen LogP contribution in [0.2, 0.25) is 0 Å². The summed E-state index contributed by atoms with van der Waals surface area (Å²) in [4.78, 5) is 29.2. The maximum atomic E-state index is 12.7. The van der Waals surface area contributed by atoms with Crippen molar-refractivity contribution in [2.45, 2.75) is 31.8 Å². The molecule has 1 aromatic carbocycles. The minimum atomic E-state index is -0.451. The standard InChI is InChI=1S/C18H20N4O3/c1-12(13-7-9-19-10-8-13)21(2)18(23)14-3-6-16(20-15-4-5-15)17(11-14)22(24)25/h3,6-12,15,20H,4-5H2,1-2H3. The quantitative estimate of drug-likeness (QED) is 0.643. The van der Waals surface area contributed by atoms with Crippen LogP contribution in [0.5, 0.6) is 0 Å². The molecule has 1 aliphatic carbocycles. The van der Waals surface area contributed by atoms with E-state index in [-0.39, 0.29) is 17.6 Å². The molecule has 0 spiro atoms. The third-order valence-electron chi connectivity index (χ3n) is 4.47. The van der Waals surface area contributed by atoms with Gasteiger partial charge in [-0.2, -0.15) is 0 Å². The number of carbonyl (C=O) groups excluding carboxylic acids is 1. The molecule has 130 valence electrons. The summed E-state index contributed by atoms with van der Waals surface area (Å²) in [7, 11) is 1.69. The van der Waals surface area contributed by atoms with Crippen LogP contribution in [-0.2, 0) is 0 Å². The lowest BCUT2D eigenvalue weighted by Gasteiger charge is -2.25. The van der Waals surface area contributed by atoms with E-state index in [1.807, 2.05) is 19.1 Å². The van der Waals surface area contributed by atoms with Crippen LogP contribution >= 0.6 is 0 Å². The zero-order chi connectivity index (χ0) is 18.0. The summed E-state index contributed by atoms with van der Waals surface area (Å²) in [6, 6.07) is 8.43. The van der Waals surface area contributed by atoms with E-state index < -0.39 is 4.92 Å². The molecule has 0 aliphatic heterocycles. The molecule has 7 heteroatoms. The second kappa shape index (κ2) is 6.88. The second-order valence-corrected chi connectivity index (χ2v) is 6.28. The van der Waals surface area contributed by atoms with Gasteiger partial charge < -0.3 is 10.2 Å². The Morgan fingerprint density at radius 2 is 2.00 bits per heavy atom. The number of amides is 1. The third kappa shape index (κ3) is 3.76. The number of rotatable bonds is 6. The lowest BCUT2D eigenvalue weighted by molar-refractivity contribution is -0.384. The smallest absolute Gasteiger partial charge is 0.293 e. The minimum absolute atomic E-state index is 0.0669. The van der Waals surface area contributed by atoms with Crippen LogP contribution in [0.1, 0.15) is 41.7 Å². The van der Waals surface area contributed by atoms with Crippen molar-refractivity contribution < 1.29 is 9.72 Å². The van der Waals surface area contributed by atoms with E-state index >= 15 is 0 Å². The summed E-state index contributed by atoms with van der Waals surface area (Å²) in [6.07, 6.45) is 5.38. The van der Waals surface area contributed by atoms with Gasteiger partial charge in [-0.25, -0.2) is 0 Å². The van der Waals surface area contributed by atoms with E-state index in [4.69, 9.17) is 0 Å². The van der Waals surface area contributed by atoms with E-state index in [1.54, 1.807) is 36.5 Å². The molecule has 1 N–H and O–H groups in total. The van der Waals surface area contributed by atoms with Crippen molar-refractivity contribution in [2.75, 3.05) is 12.4 Å². The summed E-state index contributed by atoms with van der Waals surface area (Å²) < 4.78 is 0. The first kappa shape index (κ1) is 16.9. The summed E-state index contributed by atoms with van der Waals surface area (Å²) in [5, 5.41) is 14.5. The largest absolute Gasteiger partial charge is 0.377 e. The van der Waals surface area contributed by atoms with E-state index in [2.05, 4.69) is 10.3 Å². The number of nitrogens with zero attached hydrogens (tertiary/aromatic N) is 3. The number of aromatic nitrogens is 1. The molecule has 1 atom stereocenters. The Hall–Kier alpha value is -2.96. The Morgan fingerprint density at radius 1 is 1.32 bits per heavy atom. The predicted molar refractivity (Wildman–Crippen MR) is 94.5 cm³/mol. The van der Waals surface area contributed by atoms with Crippen LogP contribution in [-0.4, -0.2) is 33.8 Å². The highest BCUT2D eigenvalue weighted by Crippen LogP contribution is 2.32. The molecule has 0 radical (unpaired) electrons. The monoisotopic (exact) mass is 340 g/mol. The number of nitro benzene ring substituents is 1. The van der Waals surface area contributed by atoms with Crippen molar-refractivity contribution in [3.05, 3.63) is 64.0 Å². The fraction of sp³-hybridized carbons (Fsp3) is 0.333. The zero-order valence-electron chi connectivity index (χ0n) is 14.2. The van der Waals surface area contributed by atoms with Gasteiger partial charge in [0.1, 0.15) is 5.69 Å². The average molecular weight is 340 g/mol. The van der Waals surface area contributed by atoms with Crippen LogP contribution in [0.25, 0.3) is 0 Å². The highest BCUT2D eigenvalue weighted by molar-refractivity contribution is 5.95. The topological polar surface area (TPSA) is 88.4 Å². The molecule has 0 saturated heterocycles. The Morgan fingerprint density at radius 3 is 2.60 bits per heavy atom. The Kier molecular flexibility index (Phi) is 4.65. The summed E-state index contributed by atoms with van der Waals surface area (Å²) >= 11 is 0. The van der Waals surface area contributed by atoms with Gasteiger partial charge in [0, 0.05) is 37.1 Å². The molecular formula is C18H20N4O3. The Labute approximate surface area is 145 Å². The number of hydrogen-bond donors (Lipinski definition) is 1. The third-order valence-corrected chi connectivity index (χ3v) is 4.47. The fourth-order valence-electron chi connectivity index (χ4n) is 2.63. The lowest BCUT2D eigenvalue weighted by Crippen LogP contribution is -2.29. The van der Waals surface area contributed by atoms with Gasteiger partial charge in [-0.05, 0) is 49.6 Å². The van der Waals surface area contributed by atoms with E-state index in [9.17, 15) is 14.9 Å². The van der Waals surface area contributed by atoms with Gasteiger partial charge in [-0.1, -0.05) is 0 Å². The maximum Gasteiger partial charge on any atom is 0.293 e. The summed E-state index contributed by atoms with van der Waals surface area (Å²) in [5.41, 5.74) is 1.65. The second-order valence-electron chi connectivity index (χ2n) is 6.28. The van der Waals surface area contributed by atoms with E-state index in [0.717, 1.165) is 18.4 Å². The predicted octanol–water partition coefficient (Wildman–Crippen LogP) is 3.40. The molecule has 7 nitrogen and oxygen atoms in total. The normalized spacial score (nSPS) is 14.6. The number of hydrogen-bond acceptors (Lipinski definition) is 5. The van der Waals surface area contributed by atoms with Gasteiger partial charge in [-0.3, -0.25) is 19.9 Å². The first-order chi connectivity index (χ1) is 12.0. The number of nitro groups is 1. The van der Waals surface area contributed by atoms with Crippen molar-refractivity contribution in [3.8, 4) is 0 Å². The molecule has 0 bridgehead atoms. The molecule has 1 aromatic heterocycles. The molecule has 25 heavy (non-hydrogen) atoms. The first-order valence-electron chi connectivity index (χ1n) is 8.19. The number of anilines is 1. The van der Waals surface area contributed by atoms with Crippen molar-refractivity contribution in [1.82, 2.24) is 9.88 Å². The summed E-state index contributed by atoms with van der Waals surface area (Å²) in [6.45, 7) is 1.91. The van der Waals surface area contributed by atoms with Crippen molar-refractivity contribution in [3.63, 3.8) is 0 Å². The average Bonchev–Trinajstić information content (AvgIpc) is 3.44. The lowest BCUT2D eigenvalue weighted by atomic mass is 10.1. The SMILES string of the molecule is CC(c1ccncc1)N(C)C(=O)c1ccc(NC2CC2)c([N+](=O)[O-])c1. The Balaban J connectivity index is 1.83. The molecule has 1 aliphatic rings. The van der Waals surface area contributed by atoms with Crippen LogP contribution < -0.4 is 5.32 Å². The zero-order valence-corrected chi connectivity index (χ0v) is 14.2. The number of pyridine rings is 1. The maximum absolute atomic E-state index is 12.7. The minimum Gasteiger partial charge on any atom is -0.377 e. The van der Waals surface area contributed by atoms with Gasteiger partial charge >= 0.3 is 0 Å². The van der Waals surface area contributed by atoms with Crippen molar-refractivity contribution >= 4 is 17.3 Å². The van der Waals surface area contributed by atoms with Crippen molar-refractivity contribution in [1.29, 1.82) is 0 Å². The Bertz CT molecular complexity index is 790. The van der Waals surface area contributed by atoms with Crippen molar-refractivity contribution in [2.24, 2.45) is 0 Å².